The maximum atomic E-state index is 13.0. The van der Waals surface area contributed by atoms with Crippen molar-refractivity contribution in [2.24, 2.45) is 0 Å². The predicted octanol–water partition coefficient (Wildman–Crippen LogP) is 6.91. The van der Waals surface area contributed by atoms with Crippen molar-refractivity contribution in [3.63, 3.8) is 0 Å². The standard InChI is InChI=1S/C42H79NO9/c1-4-6-8-10-12-13-14-15-16-17-18-19-21-25-30-36(46)41(50)43-34(32-51-42-40(49)39(48)38(47)37(31-44)52-42)35(45)29-26-22-24-28-33(3)27-23-20-11-9-7-5-2/h26,28-29,34-40,42,44-49H,4-25,27,30-32H2,1-3H3,(H,43,50). The largest absolute Gasteiger partial charge is 0.394 e. The van der Waals surface area contributed by atoms with E-state index in [1.54, 1.807) is 6.08 Å². The molecular weight excluding hydrogens is 662 g/mol. The Balaban J connectivity index is 2.55. The lowest BCUT2D eigenvalue weighted by Crippen LogP contribution is -2.60. The van der Waals surface area contributed by atoms with Crippen LogP contribution >= 0.6 is 0 Å². The topological polar surface area (TPSA) is 169 Å². The molecule has 1 fully saturated rings. The van der Waals surface area contributed by atoms with E-state index in [9.17, 15) is 35.4 Å². The van der Waals surface area contributed by atoms with Crippen LogP contribution in [0.1, 0.15) is 175 Å². The molecule has 10 nitrogen and oxygen atoms in total. The van der Waals surface area contributed by atoms with E-state index < -0.39 is 61.5 Å². The minimum atomic E-state index is -1.61. The summed E-state index contributed by atoms with van der Waals surface area (Å²) in [5.41, 5.74) is 1.36. The molecule has 1 rings (SSSR count). The normalized spacial score (nSPS) is 22.9. The van der Waals surface area contributed by atoms with Gasteiger partial charge < -0.3 is 45.4 Å². The van der Waals surface area contributed by atoms with Gasteiger partial charge in [-0.15, -0.1) is 0 Å². The Morgan fingerprint density at radius 1 is 0.731 bits per heavy atom. The fourth-order valence-corrected chi connectivity index (χ4v) is 6.65. The molecule has 10 heteroatoms. The Hall–Kier alpha value is -1.37. The fraction of sp³-hybridized carbons (Fsp3) is 0.881. The molecule has 0 aliphatic carbocycles. The van der Waals surface area contributed by atoms with E-state index in [4.69, 9.17) is 9.47 Å². The molecule has 0 saturated carbocycles. The van der Waals surface area contributed by atoms with Crippen molar-refractivity contribution in [3.8, 4) is 0 Å². The summed E-state index contributed by atoms with van der Waals surface area (Å²) >= 11 is 0. The lowest BCUT2D eigenvalue weighted by atomic mass is 9.99. The lowest BCUT2D eigenvalue weighted by molar-refractivity contribution is -0.302. The molecule has 0 aromatic heterocycles. The van der Waals surface area contributed by atoms with Crippen LogP contribution in [0, 0.1) is 0 Å². The number of rotatable bonds is 33. The van der Waals surface area contributed by atoms with Crippen molar-refractivity contribution in [3.05, 3.63) is 23.8 Å². The minimum Gasteiger partial charge on any atom is -0.394 e. The highest BCUT2D eigenvalue weighted by molar-refractivity contribution is 5.80. The van der Waals surface area contributed by atoms with E-state index in [1.807, 2.05) is 6.08 Å². The molecule has 1 amide bonds. The van der Waals surface area contributed by atoms with Gasteiger partial charge in [-0.25, -0.2) is 0 Å². The number of unbranched alkanes of at least 4 members (excludes halogenated alkanes) is 19. The van der Waals surface area contributed by atoms with Crippen molar-refractivity contribution in [2.45, 2.75) is 224 Å². The second-order valence-electron chi connectivity index (χ2n) is 15.1. The van der Waals surface area contributed by atoms with E-state index in [0.717, 1.165) is 32.1 Å². The molecule has 1 heterocycles. The number of hydrogen-bond acceptors (Lipinski definition) is 9. The lowest BCUT2D eigenvalue weighted by Gasteiger charge is -2.40. The van der Waals surface area contributed by atoms with Gasteiger partial charge in [0.15, 0.2) is 6.29 Å². The van der Waals surface area contributed by atoms with Crippen molar-refractivity contribution in [1.29, 1.82) is 0 Å². The van der Waals surface area contributed by atoms with Gasteiger partial charge >= 0.3 is 0 Å². The van der Waals surface area contributed by atoms with Crippen molar-refractivity contribution in [2.75, 3.05) is 13.2 Å². The first-order chi connectivity index (χ1) is 25.2. The van der Waals surface area contributed by atoms with Crippen molar-refractivity contribution < 1.29 is 44.9 Å². The van der Waals surface area contributed by atoms with Gasteiger partial charge in [-0.1, -0.05) is 160 Å². The molecule has 52 heavy (non-hydrogen) atoms. The van der Waals surface area contributed by atoms with Gasteiger partial charge in [0.05, 0.1) is 25.4 Å². The number of carbonyl (C=O) groups excluding carboxylic acids is 1. The first kappa shape index (κ1) is 48.6. The molecule has 0 radical (unpaired) electrons. The third kappa shape index (κ3) is 22.8. The summed E-state index contributed by atoms with van der Waals surface area (Å²) in [4.78, 5) is 13.0. The molecular formula is C42H79NO9. The maximum Gasteiger partial charge on any atom is 0.249 e. The van der Waals surface area contributed by atoms with Gasteiger partial charge in [-0.3, -0.25) is 4.79 Å². The molecule has 7 N–H and O–H groups in total. The number of amides is 1. The van der Waals surface area contributed by atoms with Crippen LogP contribution in [0.25, 0.3) is 0 Å². The molecule has 0 aromatic rings. The van der Waals surface area contributed by atoms with Crippen molar-refractivity contribution in [1.82, 2.24) is 5.32 Å². The van der Waals surface area contributed by atoms with E-state index >= 15 is 0 Å². The molecule has 1 aliphatic heterocycles. The summed E-state index contributed by atoms with van der Waals surface area (Å²) in [6.07, 6.45) is 23.5. The Morgan fingerprint density at radius 3 is 1.79 bits per heavy atom. The Kier molecular flexibility index (Phi) is 29.9. The fourth-order valence-electron chi connectivity index (χ4n) is 6.65. The van der Waals surface area contributed by atoms with Gasteiger partial charge in [0.1, 0.15) is 30.5 Å². The van der Waals surface area contributed by atoms with E-state index in [-0.39, 0.29) is 6.61 Å². The van der Waals surface area contributed by atoms with Gasteiger partial charge in [-0.05, 0) is 39.0 Å². The zero-order valence-electron chi connectivity index (χ0n) is 33.1. The summed E-state index contributed by atoms with van der Waals surface area (Å²) in [5.74, 6) is -0.627. The quantitative estimate of drug-likeness (QED) is 0.0279. The number of nitrogens with one attached hydrogen (secondary N) is 1. The van der Waals surface area contributed by atoms with Crippen molar-refractivity contribution >= 4 is 5.91 Å². The molecule has 8 unspecified atom stereocenters. The van der Waals surface area contributed by atoms with E-state index in [2.05, 4.69) is 32.2 Å². The summed E-state index contributed by atoms with van der Waals surface area (Å²) in [7, 11) is 0. The summed E-state index contributed by atoms with van der Waals surface area (Å²) < 4.78 is 11.1. The molecule has 1 aliphatic rings. The number of hydrogen-bond donors (Lipinski definition) is 7. The maximum absolute atomic E-state index is 13.0. The number of allylic oxidation sites excluding steroid dienone is 3. The molecule has 0 spiro atoms. The molecule has 0 aromatic carbocycles. The summed E-state index contributed by atoms with van der Waals surface area (Å²) in [6.45, 7) is 5.70. The number of aliphatic hydroxyl groups is 6. The Bertz CT molecular complexity index is 914. The van der Waals surface area contributed by atoms with E-state index in [1.165, 1.54) is 108 Å². The van der Waals surface area contributed by atoms with Gasteiger partial charge in [0, 0.05) is 0 Å². The summed E-state index contributed by atoms with van der Waals surface area (Å²) in [5, 5.41) is 64.5. The average Bonchev–Trinajstić information content (AvgIpc) is 3.14. The highest BCUT2D eigenvalue weighted by Gasteiger charge is 2.44. The number of carbonyl (C=O) groups is 1. The second kappa shape index (κ2) is 31.9. The van der Waals surface area contributed by atoms with Crippen LogP contribution in [0.2, 0.25) is 0 Å². The van der Waals surface area contributed by atoms with Crippen LogP contribution in [-0.2, 0) is 14.3 Å². The number of ether oxygens (including phenoxy) is 2. The Labute approximate surface area is 316 Å². The Morgan fingerprint density at radius 2 is 1.25 bits per heavy atom. The third-order valence-corrected chi connectivity index (χ3v) is 10.2. The van der Waals surface area contributed by atoms with Crippen LogP contribution in [0.3, 0.4) is 0 Å². The molecule has 0 bridgehead atoms. The smallest absolute Gasteiger partial charge is 0.249 e. The highest BCUT2D eigenvalue weighted by Crippen LogP contribution is 2.22. The van der Waals surface area contributed by atoms with Crippen LogP contribution in [0.15, 0.2) is 23.8 Å². The molecule has 8 atom stereocenters. The van der Waals surface area contributed by atoms with Crippen LogP contribution in [-0.4, -0.2) is 98.7 Å². The van der Waals surface area contributed by atoms with Crippen LogP contribution in [0.5, 0.6) is 0 Å². The van der Waals surface area contributed by atoms with Gasteiger partial charge in [-0.2, -0.15) is 0 Å². The first-order valence-corrected chi connectivity index (χ1v) is 21.1. The predicted molar refractivity (Wildman–Crippen MR) is 209 cm³/mol. The third-order valence-electron chi connectivity index (χ3n) is 10.2. The minimum absolute atomic E-state index is 0.306. The summed E-state index contributed by atoms with van der Waals surface area (Å²) in [6, 6.07) is -0.993. The first-order valence-electron chi connectivity index (χ1n) is 21.1. The van der Waals surface area contributed by atoms with Crippen LogP contribution < -0.4 is 5.32 Å². The second-order valence-corrected chi connectivity index (χ2v) is 15.1. The SMILES string of the molecule is CCCCCCCCCCCCCCCCC(O)C(=O)NC(COC1OC(CO)C(O)C(O)C1O)C(O)C=CCCC=C(C)CCCCCCCC. The molecule has 306 valence electrons. The highest BCUT2D eigenvalue weighted by atomic mass is 16.7. The van der Waals surface area contributed by atoms with E-state index in [0.29, 0.717) is 19.3 Å². The van der Waals surface area contributed by atoms with Gasteiger partial charge in [0.25, 0.3) is 0 Å². The van der Waals surface area contributed by atoms with Crippen LogP contribution in [0.4, 0.5) is 0 Å². The molecule has 1 saturated heterocycles. The number of aliphatic hydroxyl groups excluding tert-OH is 6. The van der Waals surface area contributed by atoms with Gasteiger partial charge in [0.2, 0.25) is 5.91 Å². The zero-order chi connectivity index (χ0) is 38.4. The monoisotopic (exact) mass is 742 g/mol. The zero-order valence-corrected chi connectivity index (χ0v) is 33.1. The average molecular weight is 742 g/mol.